The molecule has 0 aromatic heterocycles. The summed E-state index contributed by atoms with van der Waals surface area (Å²) in [6.07, 6.45) is 2.09. The predicted octanol–water partition coefficient (Wildman–Crippen LogP) is 0.524. The van der Waals surface area contributed by atoms with Crippen molar-refractivity contribution in [2.24, 2.45) is 11.7 Å². The monoisotopic (exact) mass is 227 g/mol. The molecule has 1 fully saturated rings. The Bertz CT molecular complexity index is 232. The SMILES string of the molecule is CC1CC(C)N(CC(=O)N(C)CCCN)C1. The van der Waals surface area contributed by atoms with Gasteiger partial charge >= 0.3 is 0 Å². The average Bonchev–Trinajstić information content (AvgIpc) is 2.53. The molecule has 0 aliphatic carbocycles. The summed E-state index contributed by atoms with van der Waals surface area (Å²) in [5.74, 6) is 0.937. The van der Waals surface area contributed by atoms with Gasteiger partial charge in [0, 0.05) is 26.2 Å². The van der Waals surface area contributed by atoms with E-state index in [1.165, 1.54) is 6.42 Å². The molecule has 1 rings (SSSR count). The van der Waals surface area contributed by atoms with E-state index in [9.17, 15) is 4.79 Å². The summed E-state index contributed by atoms with van der Waals surface area (Å²) in [6.45, 7) is 7.49. The Balaban J connectivity index is 2.33. The highest BCUT2D eigenvalue weighted by Gasteiger charge is 2.28. The van der Waals surface area contributed by atoms with E-state index in [2.05, 4.69) is 18.7 Å². The number of nitrogens with zero attached hydrogens (tertiary/aromatic N) is 2. The lowest BCUT2D eigenvalue weighted by atomic mass is 10.1. The molecule has 0 radical (unpaired) electrons. The van der Waals surface area contributed by atoms with Gasteiger partial charge in [-0.05, 0) is 32.2 Å². The minimum Gasteiger partial charge on any atom is -0.345 e. The summed E-state index contributed by atoms with van der Waals surface area (Å²) in [4.78, 5) is 16.0. The van der Waals surface area contributed by atoms with E-state index >= 15 is 0 Å². The second kappa shape index (κ2) is 6.21. The molecule has 4 nitrogen and oxygen atoms in total. The molecule has 0 bridgehead atoms. The van der Waals surface area contributed by atoms with Crippen molar-refractivity contribution in [3.05, 3.63) is 0 Å². The maximum atomic E-state index is 11.9. The topological polar surface area (TPSA) is 49.6 Å². The Morgan fingerprint density at radius 2 is 2.19 bits per heavy atom. The molecule has 16 heavy (non-hydrogen) atoms. The molecule has 94 valence electrons. The number of rotatable bonds is 5. The minimum atomic E-state index is 0.217. The Labute approximate surface area is 98.8 Å². The lowest BCUT2D eigenvalue weighted by molar-refractivity contribution is -0.131. The van der Waals surface area contributed by atoms with Gasteiger partial charge in [-0.3, -0.25) is 9.69 Å². The van der Waals surface area contributed by atoms with Crippen LogP contribution in [0.1, 0.15) is 26.7 Å². The fraction of sp³-hybridized carbons (Fsp3) is 0.917. The van der Waals surface area contributed by atoms with Crippen LogP contribution < -0.4 is 5.73 Å². The molecular weight excluding hydrogens is 202 g/mol. The number of amides is 1. The Morgan fingerprint density at radius 1 is 1.50 bits per heavy atom. The maximum absolute atomic E-state index is 11.9. The first-order valence-electron chi connectivity index (χ1n) is 6.22. The van der Waals surface area contributed by atoms with Gasteiger partial charge in [-0.15, -0.1) is 0 Å². The fourth-order valence-corrected chi connectivity index (χ4v) is 2.35. The molecule has 0 aromatic carbocycles. The standard InChI is InChI=1S/C12H25N3O/c1-10-7-11(2)15(8-10)9-12(16)14(3)6-4-5-13/h10-11H,4-9,13H2,1-3H3. The van der Waals surface area contributed by atoms with Crippen molar-refractivity contribution in [2.75, 3.05) is 33.2 Å². The molecule has 0 saturated carbocycles. The zero-order valence-electron chi connectivity index (χ0n) is 10.8. The van der Waals surface area contributed by atoms with Gasteiger partial charge in [0.15, 0.2) is 0 Å². The number of carbonyl (C=O) groups excluding carboxylic acids is 1. The van der Waals surface area contributed by atoms with Gasteiger partial charge in [0.1, 0.15) is 0 Å². The smallest absolute Gasteiger partial charge is 0.236 e. The van der Waals surface area contributed by atoms with Crippen LogP contribution in [0.15, 0.2) is 0 Å². The normalized spacial score (nSPS) is 26.0. The molecule has 4 heteroatoms. The second-order valence-electron chi connectivity index (χ2n) is 5.08. The summed E-state index contributed by atoms with van der Waals surface area (Å²) < 4.78 is 0. The van der Waals surface area contributed by atoms with Crippen molar-refractivity contribution in [1.82, 2.24) is 9.80 Å². The number of nitrogens with two attached hydrogens (primary N) is 1. The molecule has 0 spiro atoms. The highest BCUT2D eigenvalue weighted by Crippen LogP contribution is 2.21. The molecule has 1 heterocycles. The van der Waals surface area contributed by atoms with Crippen molar-refractivity contribution in [1.29, 1.82) is 0 Å². The van der Waals surface area contributed by atoms with Gasteiger partial charge in [-0.25, -0.2) is 0 Å². The Morgan fingerprint density at radius 3 is 2.69 bits per heavy atom. The quantitative estimate of drug-likeness (QED) is 0.745. The summed E-state index contributed by atoms with van der Waals surface area (Å²) in [7, 11) is 1.86. The van der Waals surface area contributed by atoms with Gasteiger partial charge in [0.05, 0.1) is 6.54 Å². The van der Waals surface area contributed by atoms with Gasteiger partial charge < -0.3 is 10.6 Å². The van der Waals surface area contributed by atoms with Crippen LogP contribution in [-0.2, 0) is 4.79 Å². The molecular formula is C12H25N3O. The zero-order valence-corrected chi connectivity index (χ0v) is 10.8. The first kappa shape index (κ1) is 13.5. The highest BCUT2D eigenvalue weighted by atomic mass is 16.2. The van der Waals surface area contributed by atoms with Crippen molar-refractivity contribution in [2.45, 2.75) is 32.7 Å². The number of hydrogen-bond donors (Lipinski definition) is 1. The van der Waals surface area contributed by atoms with Gasteiger partial charge in [0.25, 0.3) is 0 Å². The first-order chi connectivity index (χ1) is 7.54. The van der Waals surface area contributed by atoms with Crippen molar-refractivity contribution < 1.29 is 4.79 Å². The third-order valence-corrected chi connectivity index (χ3v) is 3.37. The highest BCUT2D eigenvalue weighted by molar-refractivity contribution is 5.78. The molecule has 1 saturated heterocycles. The molecule has 0 aromatic rings. The third-order valence-electron chi connectivity index (χ3n) is 3.37. The minimum absolute atomic E-state index is 0.217. The van der Waals surface area contributed by atoms with E-state index in [4.69, 9.17) is 5.73 Å². The van der Waals surface area contributed by atoms with Crippen molar-refractivity contribution in [3.8, 4) is 0 Å². The van der Waals surface area contributed by atoms with Crippen LogP contribution in [0.3, 0.4) is 0 Å². The number of hydrogen-bond acceptors (Lipinski definition) is 3. The fourth-order valence-electron chi connectivity index (χ4n) is 2.35. The van der Waals surface area contributed by atoms with E-state index in [0.29, 0.717) is 19.1 Å². The Hall–Kier alpha value is -0.610. The maximum Gasteiger partial charge on any atom is 0.236 e. The second-order valence-corrected chi connectivity index (χ2v) is 5.08. The molecule has 2 atom stereocenters. The number of likely N-dealkylation sites (N-methyl/N-ethyl adjacent to an activating group) is 1. The summed E-state index contributed by atoms with van der Waals surface area (Å²) in [5.41, 5.74) is 5.43. The van der Waals surface area contributed by atoms with Crippen molar-refractivity contribution in [3.63, 3.8) is 0 Å². The lowest BCUT2D eigenvalue weighted by Gasteiger charge is -2.24. The van der Waals surface area contributed by atoms with Crippen LogP contribution in [0, 0.1) is 5.92 Å². The zero-order chi connectivity index (χ0) is 12.1. The van der Waals surface area contributed by atoms with Gasteiger partial charge in [-0.1, -0.05) is 6.92 Å². The van der Waals surface area contributed by atoms with Crippen LogP contribution in [0.2, 0.25) is 0 Å². The average molecular weight is 227 g/mol. The van der Waals surface area contributed by atoms with Crippen LogP contribution in [0.4, 0.5) is 0 Å². The molecule has 2 unspecified atom stereocenters. The number of carbonyl (C=O) groups is 1. The van der Waals surface area contributed by atoms with Crippen molar-refractivity contribution >= 4 is 5.91 Å². The van der Waals surface area contributed by atoms with E-state index in [0.717, 1.165) is 25.4 Å². The van der Waals surface area contributed by atoms with Crippen LogP contribution in [0.5, 0.6) is 0 Å². The van der Waals surface area contributed by atoms with Crippen LogP contribution >= 0.6 is 0 Å². The first-order valence-corrected chi connectivity index (χ1v) is 6.22. The summed E-state index contributed by atoms with van der Waals surface area (Å²) >= 11 is 0. The van der Waals surface area contributed by atoms with E-state index in [1.54, 1.807) is 4.90 Å². The molecule has 2 N–H and O–H groups in total. The van der Waals surface area contributed by atoms with Crippen LogP contribution in [0.25, 0.3) is 0 Å². The lowest BCUT2D eigenvalue weighted by Crippen LogP contribution is -2.40. The molecule has 1 aliphatic rings. The van der Waals surface area contributed by atoms with E-state index < -0.39 is 0 Å². The van der Waals surface area contributed by atoms with E-state index in [1.807, 2.05) is 7.05 Å². The Kier molecular flexibility index (Phi) is 5.22. The van der Waals surface area contributed by atoms with Gasteiger partial charge in [0.2, 0.25) is 5.91 Å². The van der Waals surface area contributed by atoms with Crippen LogP contribution in [-0.4, -0.2) is 55.0 Å². The predicted molar refractivity (Wildman–Crippen MR) is 66.1 cm³/mol. The summed E-state index contributed by atoms with van der Waals surface area (Å²) in [6, 6.07) is 0.543. The van der Waals surface area contributed by atoms with E-state index in [-0.39, 0.29) is 5.91 Å². The number of likely N-dealkylation sites (tertiary alicyclic amines) is 1. The molecule has 1 amide bonds. The third kappa shape index (κ3) is 3.76. The van der Waals surface area contributed by atoms with Gasteiger partial charge in [-0.2, -0.15) is 0 Å². The largest absolute Gasteiger partial charge is 0.345 e. The summed E-state index contributed by atoms with van der Waals surface area (Å²) in [5, 5.41) is 0. The molecule has 1 aliphatic heterocycles.